The van der Waals surface area contributed by atoms with E-state index in [1.54, 1.807) is 4.90 Å². The molecule has 0 bridgehead atoms. The van der Waals surface area contributed by atoms with Crippen LogP contribution in [0.25, 0.3) is 0 Å². The van der Waals surface area contributed by atoms with Crippen molar-refractivity contribution in [1.82, 2.24) is 10.2 Å². The zero-order valence-corrected chi connectivity index (χ0v) is 17.1. The summed E-state index contributed by atoms with van der Waals surface area (Å²) in [5, 5.41) is 10.8. The van der Waals surface area contributed by atoms with E-state index in [1.807, 2.05) is 13.8 Å². The predicted octanol–water partition coefficient (Wildman–Crippen LogP) is 0.508. The van der Waals surface area contributed by atoms with Crippen LogP contribution in [0.1, 0.15) is 52.4 Å². The third-order valence-corrected chi connectivity index (χ3v) is 5.41. The van der Waals surface area contributed by atoms with E-state index in [4.69, 9.17) is 10.8 Å². The number of nitrogens with one attached hydrogen (secondary N) is 1. The van der Waals surface area contributed by atoms with Crippen molar-refractivity contribution in [3.8, 4) is 0 Å². The van der Waals surface area contributed by atoms with Crippen LogP contribution in [0.5, 0.6) is 0 Å². The van der Waals surface area contributed by atoms with Crippen LogP contribution in [0, 0.1) is 5.92 Å². The van der Waals surface area contributed by atoms with Gasteiger partial charge in [0.1, 0.15) is 12.1 Å². The molecule has 1 aliphatic rings. The number of carbonyl (C=O) groups excluding carboxylic acids is 4. The van der Waals surface area contributed by atoms with Crippen molar-refractivity contribution in [3.05, 3.63) is 0 Å². The van der Waals surface area contributed by atoms with E-state index in [1.165, 1.54) is 0 Å². The number of thioether (sulfide) groups is 1. The van der Waals surface area contributed by atoms with Crippen LogP contribution in [-0.2, 0) is 24.0 Å². The quantitative estimate of drug-likeness (QED) is 0.445. The van der Waals surface area contributed by atoms with Crippen molar-refractivity contribution in [2.24, 2.45) is 11.7 Å². The fourth-order valence-corrected chi connectivity index (χ4v) is 3.68. The van der Waals surface area contributed by atoms with Crippen LogP contribution in [0.4, 0.5) is 0 Å². The van der Waals surface area contributed by atoms with E-state index in [0.717, 1.165) is 24.6 Å². The molecule has 28 heavy (non-hydrogen) atoms. The van der Waals surface area contributed by atoms with Gasteiger partial charge in [-0.15, -0.1) is 0 Å². The van der Waals surface area contributed by atoms with Crippen molar-refractivity contribution in [2.75, 3.05) is 12.3 Å². The molecule has 0 aliphatic carbocycles. The number of nitrogens with zero attached hydrogens (tertiary/aromatic N) is 1. The molecule has 0 unspecified atom stereocenters. The standard InChI is InChI=1S/C18H29N3O6S/c1-11(2)5-7-15(23)21-9-3-4-13(21)18(27)28-10-14(22)20-12(17(19)26)6-8-16(24)25/h11-13H,3-10H2,1-2H3,(H2,19,26)(H,20,22)(H,24,25)/t12-,13-/m0/s1. The number of carbonyl (C=O) groups is 5. The highest BCUT2D eigenvalue weighted by atomic mass is 32.2. The van der Waals surface area contributed by atoms with Crippen molar-refractivity contribution in [3.63, 3.8) is 0 Å². The van der Waals surface area contributed by atoms with E-state index >= 15 is 0 Å². The lowest BCUT2D eigenvalue weighted by Gasteiger charge is -2.23. The van der Waals surface area contributed by atoms with E-state index < -0.39 is 29.9 Å². The SMILES string of the molecule is CC(C)CCC(=O)N1CCC[C@H]1C(=O)SCC(=O)N[C@@H](CCC(=O)O)C(N)=O. The Hall–Kier alpha value is -2.10. The van der Waals surface area contributed by atoms with Gasteiger partial charge in [0.15, 0.2) is 0 Å². The summed E-state index contributed by atoms with van der Waals surface area (Å²) >= 11 is 0.792. The monoisotopic (exact) mass is 415 g/mol. The second-order valence-electron chi connectivity index (χ2n) is 7.24. The van der Waals surface area contributed by atoms with Gasteiger partial charge in [0.2, 0.25) is 22.8 Å². The molecular formula is C18H29N3O6S. The molecule has 2 atom stereocenters. The molecule has 9 nitrogen and oxygen atoms in total. The highest BCUT2D eigenvalue weighted by Gasteiger charge is 2.34. The van der Waals surface area contributed by atoms with E-state index in [2.05, 4.69) is 5.32 Å². The van der Waals surface area contributed by atoms with Gasteiger partial charge < -0.3 is 21.1 Å². The summed E-state index contributed by atoms with van der Waals surface area (Å²) in [5.41, 5.74) is 5.16. The number of hydrogen-bond acceptors (Lipinski definition) is 6. The summed E-state index contributed by atoms with van der Waals surface area (Å²) in [4.78, 5) is 60.3. The Balaban J connectivity index is 2.50. The number of likely N-dealkylation sites (tertiary alicyclic amines) is 1. The first-order valence-electron chi connectivity index (χ1n) is 9.38. The first-order chi connectivity index (χ1) is 13.1. The molecule has 10 heteroatoms. The summed E-state index contributed by atoms with van der Waals surface area (Å²) in [6.07, 6.45) is 2.05. The lowest BCUT2D eigenvalue weighted by atomic mass is 10.1. The Morgan fingerprint density at radius 2 is 1.86 bits per heavy atom. The van der Waals surface area contributed by atoms with Gasteiger partial charge in [-0.3, -0.25) is 24.0 Å². The number of amides is 3. The van der Waals surface area contributed by atoms with Crippen LogP contribution < -0.4 is 11.1 Å². The molecule has 0 aromatic rings. The zero-order valence-electron chi connectivity index (χ0n) is 16.3. The molecule has 0 radical (unpaired) electrons. The summed E-state index contributed by atoms with van der Waals surface area (Å²) < 4.78 is 0. The van der Waals surface area contributed by atoms with Crippen molar-refractivity contribution >= 4 is 40.6 Å². The predicted molar refractivity (Wildman–Crippen MR) is 104 cm³/mol. The highest BCUT2D eigenvalue weighted by molar-refractivity contribution is 8.14. The molecule has 1 rings (SSSR count). The van der Waals surface area contributed by atoms with Crippen LogP contribution in [0.3, 0.4) is 0 Å². The molecule has 0 aromatic carbocycles. The van der Waals surface area contributed by atoms with Gasteiger partial charge in [-0.1, -0.05) is 25.6 Å². The molecule has 3 amide bonds. The molecule has 1 heterocycles. The first-order valence-corrected chi connectivity index (χ1v) is 10.4. The van der Waals surface area contributed by atoms with Crippen LogP contribution >= 0.6 is 11.8 Å². The van der Waals surface area contributed by atoms with Gasteiger partial charge in [0.05, 0.1) is 5.75 Å². The molecule has 0 aromatic heterocycles. The van der Waals surface area contributed by atoms with E-state index in [-0.39, 0.29) is 29.6 Å². The van der Waals surface area contributed by atoms with Gasteiger partial charge in [0.25, 0.3) is 0 Å². The Labute approximate surface area is 168 Å². The minimum atomic E-state index is -1.10. The second kappa shape index (κ2) is 11.7. The minimum absolute atomic E-state index is 0.0444. The maximum absolute atomic E-state index is 12.5. The number of aliphatic carboxylic acids is 1. The molecular weight excluding hydrogens is 386 g/mol. The Morgan fingerprint density at radius 3 is 2.43 bits per heavy atom. The number of rotatable bonds is 11. The maximum Gasteiger partial charge on any atom is 0.303 e. The molecule has 4 N–H and O–H groups in total. The average molecular weight is 416 g/mol. The number of hydrogen-bond donors (Lipinski definition) is 3. The second-order valence-corrected chi connectivity index (χ2v) is 8.22. The van der Waals surface area contributed by atoms with Crippen LogP contribution in [0.15, 0.2) is 0 Å². The minimum Gasteiger partial charge on any atom is -0.481 e. The van der Waals surface area contributed by atoms with Gasteiger partial charge >= 0.3 is 5.97 Å². The number of carboxylic acids is 1. The summed E-state index contributed by atoms with van der Waals surface area (Å²) in [6, 6.07) is -1.63. The molecule has 1 fully saturated rings. The average Bonchev–Trinajstić information content (AvgIpc) is 3.10. The maximum atomic E-state index is 12.5. The van der Waals surface area contributed by atoms with Crippen LogP contribution in [0.2, 0.25) is 0 Å². The Kier molecular flexibility index (Phi) is 9.98. The molecule has 1 saturated heterocycles. The first kappa shape index (κ1) is 23.9. The summed E-state index contributed by atoms with van der Waals surface area (Å²) in [7, 11) is 0. The van der Waals surface area contributed by atoms with Gasteiger partial charge in [-0.2, -0.15) is 0 Å². The van der Waals surface area contributed by atoms with Gasteiger partial charge in [-0.05, 0) is 31.6 Å². The fraction of sp³-hybridized carbons (Fsp3) is 0.722. The third kappa shape index (κ3) is 8.28. The topological polar surface area (TPSA) is 147 Å². The van der Waals surface area contributed by atoms with E-state index in [0.29, 0.717) is 25.3 Å². The smallest absolute Gasteiger partial charge is 0.303 e. The molecule has 0 saturated carbocycles. The Bertz CT molecular complexity index is 610. The van der Waals surface area contributed by atoms with Crippen molar-refractivity contribution in [1.29, 1.82) is 0 Å². The largest absolute Gasteiger partial charge is 0.481 e. The molecule has 1 aliphatic heterocycles. The third-order valence-electron chi connectivity index (χ3n) is 4.45. The molecule has 0 spiro atoms. The highest BCUT2D eigenvalue weighted by Crippen LogP contribution is 2.24. The normalized spacial score (nSPS) is 17.4. The van der Waals surface area contributed by atoms with Crippen molar-refractivity contribution in [2.45, 2.75) is 64.5 Å². The van der Waals surface area contributed by atoms with Gasteiger partial charge in [-0.25, -0.2) is 0 Å². The Morgan fingerprint density at radius 1 is 1.18 bits per heavy atom. The number of carboxylic acid groups (broad SMARTS) is 1. The summed E-state index contributed by atoms with van der Waals surface area (Å²) in [6.45, 7) is 4.60. The van der Waals surface area contributed by atoms with Gasteiger partial charge in [0, 0.05) is 19.4 Å². The lowest BCUT2D eigenvalue weighted by Crippen LogP contribution is -2.45. The fourth-order valence-electron chi connectivity index (χ4n) is 2.89. The number of primary amides is 1. The molecule has 158 valence electrons. The van der Waals surface area contributed by atoms with E-state index in [9.17, 15) is 24.0 Å². The van der Waals surface area contributed by atoms with Crippen molar-refractivity contribution < 1.29 is 29.1 Å². The van der Waals surface area contributed by atoms with Crippen LogP contribution in [-0.4, -0.2) is 63.2 Å². The number of nitrogens with two attached hydrogens (primary N) is 1. The zero-order chi connectivity index (χ0) is 21.3. The lowest BCUT2D eigenvalue weighted by molar-refractivity contribution is -0.137. The summed E-state index contributed by atoms with van der Waals surface area (Å²) in [5.74, 6) is -2.38.